The van der Waals surface area contributed by atoms with E-state index >= 15 is 0 Å². The number of nitrogens with zero attached hydrogens (tertiary/aromatic N) is 2. The number of hydrogen-bond acceptors (Lipinski definition) is 5. The maximum Gasteiger partial charge on any atom is 0.360 e. The molecule has 1 aromatic heterocycles. The highest BCUT2D eigenvalue weighted by molar-refractivity contribution is 5.88. The Morgan fingerprint density at radius 1 is 1.50 bits per heavy atom. The number of aromatic nitrogens is 3. The first kappa shape index (κ1) is 12.6. The van der Waals surface area contributed by atoms with E-state index in [-0.39, 0.29) is 17.7 Å². The number of ether oxygens (including phenoxy) is 1. The molecule has 0 aliphatic heterocycles. The Hall–Kier alpha value is -1.43. The van der Waals surface area contributed by atoms with Gasteiger partial charge in [-0.2, -0.15) is 10.3 Å². The summed E-state index contributed by atoms with van der Waals surface area (Å²) in [5.41, 5.74) is 6.67. The lowest BCUT2D eigenvalue weighted by Crippen LogP contribution is -2.22. The van der Waals surface area contributed by atoms with E-state index in [1.54, 1.807) is 6.92 Å². The molecule has 0 aromatic carbocycles. The Balaban J connectivity index is 2.89. The smallest absolute Gasteiger partial charge is 0.360 e. The van der Waals surface area contributed by atoms with Gasteiger partial charge in [-0.3, -0.25) is 0 Å². The van der Waals surface area contributed by atoms with Gasteiger partial charge in [-0.15, -0.1) is 5.10 Å². The van der Waals surface area contributed by atoms with Gasteiger partial charge in [0.25, 0.3) is 0 Å². The molecule has 3 N–H and O–H groups in total. The van der Waals surface area contributed by atoms with Crippen molar-refractivity contribution in [2.75, 3.05) is 6.61 Å². The maximum atomic E-state index is 11.5. The number of H-pyrrole nitrogens is 1. The monoisotopic (exact) mass is 226 g/mol. The van der Waals surface area contributed by atoms with Crippen molar-refractivity contribution in [3.8, 4) is 0 Å². The summed E-state index contributed by atoms with van der Waals surface area (Å²) in [6.07, 6.45) is 0.913. The largest absolute Gasteiger partial charge is 0.461 e. The van der Waals surface area contributed by atoms with Crippen LogP contribution >= 0.6 is 0 Å². The molecular formula is C10H18N4O2. The van der Waals surface area contributed by atoms with Gasteiger partial charge in [0.2, 0.25) is 0 Å². The molecule has 2 atom stereocenters. The van der Waals surface area contributed by atoms with Crippen LogP contribution in [0.2, 0.25) is 0 Å². The van der Waals surface area contributed by atoms with Gasteiger partial charge in [0.1, 0.15) is 5.69 Å². The third-order valence-electron chi connectivity index (χ3n) is 2.62. The first-order valence-corrected chi connectivity index (χ1v) is 5.45. The van der Waals surface area contributed by atoms with Crippen molar-refractivity contribution >= 4 is 5.97 Å². The minimum Gasteiger partial charge on any atom is -0.461 e. The molecule has 0 bridgehead atoms. The molecule has 0 radical (unpaired) electrons. The van der Waals surface area contributed by atoms with E-state index < -0.39 is 5.97 Å². The quantitative estimate of drug-likeness (QED) is 0.731. The van der Waals surface area contributed by atoms with Crippen molar-refractivity contribution in [3.05, 3.63) is 11.4 Å². The van der Waals surface area contributed by atoms with Crippen molar-refractivity contribution in [2.24, 2.45) is 11.7 Å². The molecule has 90 valence electrons. The number of nitrogens with one attached hydrogen (secondary N) is 1. The fraction of sp³-hybridized carbons (Fsp3) is 0.700. The summed E-state index contributed by atoms with van der Waals surface area (Å²) in [7, 11) is 0. The van der Waals surface area contributed by atoms with Gasteiger partial charge >= 0.3 is 5.97 Å². The summed E-state index contributed by atoms with van der Waals surface area (Å²) >= 11 is 0. The number of hydrogen-bond donors (Lipinski definition) is 2. The molecule has 0 saturated carbocycles. The van der Waals surface area contributed by atoms with E-state index in [2.05, 4.69) is 15.4 Å². The lowest BCUT2D eigenvalue weighted by molar-refractivity contribution is 0.0517. The number of nitrogens with two attached hydrogens (primary N) is 1. The minimum absolute atomic E-state index is 0.189. The van der Waals surface area contributed by atoms with Crippen molar-refractivity contribution in [1.29, 1.82) is 0 Å². The van der Waals surface area contributed by atoms with Gasteiger partial charge in [-0.25, -0.2) is 4.79 Å². The van der Waals surface area contributed by atoms with Gasteiger partial charge < -0.3 is 10.5 Å². The first-order chi connectivity index (χ1) is 7.61. The molecule has 0 amide bonds. The summed E-state index contributed by atoms with van der Waals surface area (Å²) in [5, 5.41) is 10.1. The van der Waals surface area contributed by atoms with E-state index in [0.717, 1.165) is 6.42 Å². The highest BCUT2D eigenvalue weighted by Gasteiger charge is 2.25. The molecule has 2 unspecified atom stereocenters. The summed E-state index contributed by atoms with van der Waals surface area (Å²) in [6, 6.07) is -0.303. The summed E-state index contributed by atoms with van der Waals surface area (Å²) in [5.74, 6) is -0.247. The number of esters is 1. The summed E-state index contributed by atoms with van der Waals surface area (Å²) < 4.78 is 4.87. The van der Waals surface area contributed by atoms with Crippen LogP contribution in [0.25, 0.3) is 0 Å². The van der Waals surface area contributed by atoms with Crippen LogP contribution in [0.4, 0.5) is 0 Å². The molecule has 0 saturated heterocycles. The second kappa shape index (κ2) is 5.60. The topological polar surface area (TPSA) is 93.9 Å². The number of aromatic amines is 1. The zero-order valence-electron chi connectivity index (χ0n) is 9.86. The maximum absolute atomic E-state index is 11.5. The SMILES string of the molecule is CCOC(=O)c1n[nH]nc1C(N)C(C)CC. The fourth-order valence-corrected chi connectivity index (χ4v) is 1.34. The first-order valence-electron chi connectivity index (χ1n) is 5.45. The highest BCUT2D eigenvalue weighted by atomic mass is 16.5. The predicted molar refractivity (Wildman–Crippen MR) is 58.7 cm³/mol. The number of carbonyl (C=O) groups excluding carboxylic acids is 1. The molecule has 6 nitrogen and oxygen atoms in total. The van der Waals surface area contributed by atoms with Crippen LogP contribution in [-0.2, 0) is 4.74 Å². The molecular weight excluding hydrogens is 208 g/mol. The van der Waals surface area contributed by atoms with E-state index in [1.165, 1.54) is 0 Å². The van der Waals surface area contributed by atoms with Crippen molar-refractivity contribution in [2.45, 2.75) is 33.2 Å². The summed E-state index contributed by atoms with van der Waals surface area (Å²) in [6.45, 7) is 6.10. The molecule has 6 heteroatoms. The van der Waals surface area contributed by atoms with Crippen molar-refractivity contribution in [1.82, 2.24) is 15.4 Å². The van der Waals surface area contributed by atoms with Gasteiger partial charge in [-0.05, 0) is 12.8 Å². The van der Waals surface area contributed by atoms with Crippen LogP contribution in [0.3, 0.4) is 0 Å². The van der Waals surface area contributed by atoms with Crippen LogP contribution < -0.4 is 5.73 Å². The van der Waals surface area contributed by atoms with Crippen molar-refractivity contribution < 1.29 is 9.53 Å². The molecule has 1 rings (SSSR count). The van der Waals surface area contributed by atoms with Crippen LogP contribution in [0.1, 0.15) is 49.4 Å². The lowest BCUT2D eigenvalue weighted by Gasteiger charge is -2.16. The molecule has 16 heavy (non-hydrogen) atoms. The average molecular weight is 226 g/mol. The van der Waals surface area contributed by atoms with Gasteiger partial charge in [0.15, 0.2) is 5.69 Å². The van der Waals surface area contributed by atoms with E-state index in [1.807, 2.05) is 13.8 Å². The number of carbonyl (C=O) groups is 1. The zero-order valence-corrected chi connectivity index (χ0v) is 9.86. The third-order valence-corrected chi connectivity index (χ3v) is 2.62. The Bertz CT molecular complexity index is 350. The standard InChI is InChI=1S/C10H18N4O2/c1-4-6(3)7(11)8-9(13-14-12-8)10(15)16-5-2/h6-7H,4-5,11H2,1-3H3,(H,12,13,14). The minimum atomic E-state index is -0.481. The molecule has 1 aromatic rings. The van der Waals surface area contributed by atoms with E-state index in [0.29, 0.717) is 12.3 Å². The molecule has 0 spiro atoms. The van der Waals surface area contributed by atoms with Crippen LogP contribution in [-0.4, -0.2) is 28.0 Å². The molecule has 0 fully saturated rings. The Morgan fingerprint density at radius 3 is 2.75 bits per heavy atom. The Labute approximate surface area is 94.6 Å². The Kier molecular flexibility index (Phi) is 4.42. The molecule has 0 aliphatic carbocycles. The van der Waals surface area contributed by atoms with Gasteiger partial charge in [0.05, 0.1) is 12.6 Å². The number of rotatable bonds is 5. The summed E-state index contributed by atoms with van der Waals surface area (Å²) in [4.78, 5) is 11.5. The van der Waals surface area contributed by atoms with Crippen LogP contribution in [0.15, 0.2) is 0 Å². The normalized spacial score (nSPS) is 14.5. The molecule has 0 aliphatic rings. The van der Waals surface area contributed by atoms with Crippen molar-refractivity contribution in [3.63, 3.8) is 0 Å². The zero-order chi connectivity index (χ0) is 12.1. The lowest BCUT2D eigenvalue weighted by atomic mass is 9.96. The molecule has 1 heterocycles. The van der Waals surface area contributed by atoms with E-state index in [4.69, 9.17) is 10.5 Å². The fourth-order valence-electron chi connectivity index (χ4n) is 1.34. The third kappa shape index (κ3) is 2.57. The highest BCUT2D eigenvalue weighted by Crippen LogP contribution is 2.22. The second-order valence-corrected chi connectivity index (χ2v) is 3.69. The predicted octanol–water partition coefficient (Wildman–Crippen LogP) is 1.03. The van der Waals surface area contributed by atoms with Crippen LogP contribution in [0, 0.1) is 5.92 Å². The van der Waals surface area contributed by atoms with Gasteiger partial charge in [0, 0.05) is 0 Å². The van der Waals surface area contributed by atoms with Crippen LogP contribution in [0.5, 0.6) is 0 Å². The van der Waals surface area contributed by atoms with Gasteiger partial charge in [-0.1, -0.05) is 20.3 Å². The second-order valence-electron chi connectivity index (χ2n) is 3.69. The average Bonchev–Trinajstić information content (AvgIpc) is 2.76. The van der Waals surface area contributed by atoms with E-state index in [9.17, 15) is 4.79 Å². The Morgan fingerprint density at radius 2 is 2.19 bits per heavy atom.